The van der Waals surface area contributed by atoms with Crippen molar-refractivity contribution in [1.82, 2.24) is 0 Å². The van der Waals surface area contributed by atoms with Crippen molar-refractivity contribution in [2.75, 3.05) is 6.61 Å². The highest BCUT2D eigenvalue weighted by molar-refractivity contribution is 9.11. The molecular weight excluding hydrogens is 392 g/mol. The van der Waals surface area contributed by atoms with Gasteiger partial charge in [0.05, 0.1) is 6.61 Å². The van der Waals surface area contributed by atoms with Crippen LogP contribution in [0.15, 0.2) is 22.7 Å². The van der Waals surface area contributed by atoms with Crippen molar-refractivity contribution in [1.29, 1.82) is 0 Å². The Hall–Kier alpha value is -0.0200. The van der Waals surface area contributed by atoms with Crippen molar-refractivity contribution in [2.45, 2.75) is 70.0 Å². The first kappa shape index (κ1) is 19.0. The van der Waals surface area contributed by atoms with Crippen LogP contribution in [0.2, 0.25) is 0 Å². The normalized spacial score (nSPS) is 12.4. The summed E-state index contributed by atoms with van der Waals surface area (Å²) in [6, 6.07) is 6.29. The summed E-state index contributed by atoms with van der Waals surface area (Å²) >= 11 is 7.48. The Morgan fingerprint density at radius 3 is 2.29 bits per heavy atom. The molecule has 0 spiro atoms. The molecule has 1 aromatic carbocycles. The van der Waals surface area contributed by atoms with E-state index >= 15 is 0 Å². The van der Waals surface area contributed by atoms with Gasteiger partial charge in [0.2, 0.25) is 0 Å². The molecule has 0 fully saturated rings. The van der Waals surface area contributed by atoms with Crippen LogP contribution in [-0.2, 0) is 0 Å². The van der Waals surface area contributed by atoms with Crippen molar-refractivity contribution in [3.05, 3.63) is 28.2 Å². The van der Waals surface area contributed by atoms with E-state index in [0.717, 1.165) is 10.2 Å². The van der Waals surface area contributed by atoms with Crippen LogP contribution in [0.25, 0.3) is 0 Å². The Balaban J connectivity index is 2.30. The minimum atomic E-state index is 0.429. The minimum Gasteiger partial charge on any atom is -0.494 e. The Labute approximate surface area is 147 Å². The zero-order valence-electron chi connectivity index (χ0n) is 13.3. The van der Waals surface area contributed by atoms with Gasteiger partial charge in [-0.05, 0) is 31.0 Å². The van der Waals surface area contributed by atoms with Crippen LogP contribution in [0.5, 0.6) is 5.75 Å². The Bertz CT molecular complexity index is 393. The second-order valence-corrected chi connectivity index (χ2v) is 7.45. The minimum absolute atomic E-state index is 0.429. The summed E-state index contributed by atoms with van der Waals surface area (Å²) < 4.78 is 6.66. The number of hydrogen-bond acceptors (Lipinski definition) is 1. The molecule has 1 nitrogen and oxygen atoms in total. The van der Waals surface area contributed by atoms with E-state index < -0.39 is 0 Å². The van der Waals surface area contributed by atoms with E-state index in [2.05, 4.69) is 57.0 Å². The van der Waals surface area contributed by atoms with E-state index in [0.29, 0.717) is 11.4 Å². The zero-order valence-corrected chi connectivity index (χ0v) is 16.5. The van der Waals surface area contributed by atoms with Gasteiger partial charge >= 0.3 is 0 Å². The highest BCUT2D eigenvalue weighted by Crippen LogP contribution is 2.35. The fourth-order valence-electron chi connectivity index (χ4n) is 2.45. The van der Waals surface area contributed by atoms with Crippen LogP contribution in [0.3, 0.4) is 0 Å². The van der Waals surface area contributed by atoms with E-state index in [9.17, 15) is 0 Å². The molecule has 0 aliphatic rings. The topological polar surface area (TPSA) is 9.23 Å². The summed E-state index contributed by atoms with van der Waals surface area (Å²) in [5, 5.41) is 0. The van der Waals surface area contributed by atoms with Crippen LogP contribution in [0.1, 0.15) is 75.6 Å². The molecule has 1 atom stereocenters. The van der Waals surface area contributed by atoms with E-state index in [4.69, 9.17) is 4.74 Å². The molecule has 0 radical (unpaired) electrons. The van der Waals surface area contributed by atoms with Gasteiger partial charge < -0.3 is 4.74 Å². The van der Waals surface area contributed by atoms with Crippen LogP contribution >= 0.6 is 31.9 Å². The monoisotopic (exact) mass is 418 g/mol. The summed E-state index contributed by atoms with van der Waals surface area (Å²) in [6.45, 7) is 4.99. The second kappa shape index (κ2) is 11.5. The number of halogens is 2. The fraction of sp³-hybridized carbons (Fsp3) is 0.667. The van der Waals surface area contributed by atoms with Crippen molar-refractivity contribution >= 4 is 31.9 Å². The quantitative estimate of drug-likeness (QED) is 0.267. The molecule has 0 bridgehead atoms. The number of ether oxygens (including phenoxy) is 1. The molecule has 0 heterocycles. The van der Waals surface area contributed by atoms with Gasteiger partial charge in [0, 0.05) is 9.30 Å². The summed E-state index contributed by atoms with van der Waals surface area (Å²) in [4.78, 5) is 0.429. The maximum Gasteiger partial charge on any atom is 0.120 e. The largest absolute Gasteiger partial charge is 0.494 e. The molecule has 0 aliphatic heterocycles. The summed E-state index contributed by atoms with van der Waals surface area (Å²) in [7, 11) is 0. The molecule has 120 valence electrons. The van der Waals surface area contributed by atoms with Crippen LogP contribution < -0.4 is 4.74 Å². The first-order valence-corrected chi connectivity index (χ1v) is 9.96. The van der Waals surface area contributed by atoms with Crippen molar-refractivity contribution in [3.8, 4) is 5.75 Å². The average molecular weight is 420 g/mol. The van der Waals surface area contributed by atoms with Gasteiger partial charge in [0.25, 0.3) is 0 Å². The first-order valence-electron chi connectivity index (χ1n) is 8.25. The Kier molecular flexibility index (Phi) is 10.5. The summed E-state index contributed by atoms with van der Waals surface area (Å²) in [5.41, 5.74) is 1.32. The van der Waals surface area contributed by atoms with Crippen LogP contribution in [-0.4, -0.2) is 6.61 Å². The summed E-state index contributed by atoms with van der Waals surface area (Å²) in [5.74, 6) is 0.934. The SMILES string of the molecule is CCCCCCCCCC(Br)c1ccc(OCC)cc1Br. The highest BCUT2D eigenvalue weighted by Gasteiger charge is 2.11. The lowest BCUT2D eigenvalue weighted by molar-refractivity contribution is 0.340. The van der Waals surface area contributed by atoms with Gasteiger partial charge in [-0.1, -0.05) is 89.8 Å². The molecule has 1 unspecified atom stereocenters. The fourth-order valence-corrected chi connectivity index (χ4v) is 4.12. The van der Waals surface area contributed by atoms with Gasteiger partial charge in [-0.2, -0.15) is 0 Å². The average Bonchev–Trinajstić information content (AvgIpc) is 2.46. The molecule has 0 saturated carbocycles. The molecule has 0 aliphatic carbocycles. The Morgan fingerprint density at radius 1 is 1.00 bits per heavy atom. The van der Waals surface area contributed by atoms with Gasteiger partial charge in [-0.3, -0.25) is 0 Å². The number of benzene rings is 1. The smallest absolute Gasteiger partial charge is 0.120 e. The van der Waals surface area contributed by atoms with Crippen molar-refractivity contribution < 1.29 is 4.74 Å². The predicted octanol–water partition coefficient (Wildman–Crippen LogP) is 7.42. The Morgan fingerprint density at radius 2 is 1.67 bits per heavy atom. The van der Waals surface area contributed by atoms with E-state index in [1.165, 1.54) is 56.9 Å². The molecular formula is C18H28Br2O. The zero-order chi connectivity index (χ0) is 15.5. The molecule has 3 heteroatoms. The maximum atomic E-state index is 5.52. The van der Waals surface area contributed by atoms with Gasteiger partial charge in [-0.15, -0.1) is 0 Å². The number of rotatable bonds is 11. The van der Waals surface area contributed by atoms with E-state index in [-0.39, 0.29) is 0 Å². The third-order valence-corrected chi connectivity index (χ3v) is 5.32. The third-order valence-electron chi connectivity index (χ3n) is 3.68. The molecule has 1 aromatic rings. The molecule has 1 rings (SSSR count). The van der Waals surface area contributed by atoms with E-state index in [1.807, 2.05) is 6.92 Å². The maximum absolute atomic E-state index is 5.52. The van der Waals surface area contributed by atoms with E-state index in [1.54, 1.807) is 0 Å². The summed E-state index contributed by atoms with van der Waals surface area (Å²) in [6.07, 6.45) is 10.7. The number of hydrogen-bond donors (Lipinski definition) is 0. The number of alkyl halides is 1. The lowest BCUT2D eigenvalue weighted by atomic mass is 10.0. The predicted molar refractivity (Wildman–Crippen MR) is 99.6 cm³/mol. The number of unbranched alkanes of at least 4 members (excludes halogenated alkanes) is 6. The molecule has 0 N–H and O–H groups in total. The van der Waals surface area contributed by atoms with Gasteiger partial charge in [0.15, 0.2) is 0 Å². The second-order valence-electron chi connectivity index (χ2n) is 5.49. The third kappa shape index (κ3) is 7.69. The lowest BCUT2D eigenvalue weighted by Gasteiger charge is -2.13. The molecule has 0 saturated heterocycles. The lowest BCUT2D eigenvalue weighted by Crippen LogP contribution is -1.95. The van der Waals surface area contributed by atoms with Crippen molar-refractivity contribution in [2.24, 2.45) is 0 Å². The first-order chi connectivity index (χ1) is 10.2. The van der Waals surface area contributed by atoms with Crippen LogP contribution in [0.4, 0.5) is 0 Å². The highest BCUT2D eigenvalue weighted by atomic mass is 79.9. The van der Waals surface area contributed by atoms with Crippen LogP contribution in [0, 0.1) is 0 Å². The standard InChI is InChI=1S/C18H28Br2O/c1-3-5-6-7-8-9-10-11-17(19)16-13-12-15(21-4-2)14-18(16)20/h12-14,17H,3-11H2,1-2H3. The molecule has 0 amide bonds. The van der Waals surface area contributed by atoms with Crippen molar-refractivity contribution in [3.63, 3.8) is 0 Å². The van der Waals surface area contributed by atoms with Gasteiger partial charge in [0.1, 0.15) is 5.75 Å². The molecule has 0 aromatic heterocycles. The molecule has 21 heavy (non-hydrogen) atoms. The van der Waals surface area contributed by atoms with Gasteiger partial charge in [-0.25, -0.2) is 0 Å².